The first-order valence-electron chi connectivity index (χ1n) is 19.9. The second-order valence-corrected chi connectivity index (χ2v) is 16.0. The monoisotopic (exact) mass is 775 g/mol. The number of halogens is 1. The number of nitrogens with zero attached hydrogens (tertiary/aromatic N) is 5. The average Bonchev–Trinajstić information content (AvgIpc) is 3.19. The number of nitrogens with one attached hydrogen (secondary N) is 1. The van der Waals surface area contributed by atoms with Gasteiger partial charge in [0, 0.05) is 94.7 Å². The van der Waals surface area contributed by atoms with E-state index in [1.165, 1.54) is 19.2 Å². The average molecular weight is 776 g/mol. The van der Waals surface area contributed by atoms with Crippen LogP contribution in [-0.4, -0.2) is 145 Å². The predicted octanol–water partition coefficient (Wildman–Crippen LogP) is 4.95. The van der Waals surface area contributed by atoms with Crippen molar-refractivity contribution in [1.82, 2.24) is 24.5 Å². The molecule has 2 aromatic rings. The van der Waals surface area contributed by atoms with Gasteiger partial charge in [-0.05, 0) is 83.5 Å². The quantitative estimate of drug-likeness (QED) is 0.207. The number of piperazine rings is 2. The number of piperidine rings is 2. The Labute approximate surface area is 332 Å². The van der Waals surface area contributed by atoms with Gasteiger partial charge in [-0.1, -0.05) is 36.4 Å². The molecule has 4 aliphatic heterocycles. The molecule has 0 radical (unpaired) electrons. The van der Waals surface area contributed by atoms with E-state index in [1.54, 1.807) is 46.2 Å². The van der Waals surface area contributed by atoms with Gasteiger partial charge in [-0.3, -0.25) is 19.3 Å². The predicted molar refractivity (Wildman–Crippen MR) is 218 cm³/mol. The summed E-state index contributed by atoms with van der Waals surface area (Å²) in [5.41, 5.74) is 5.69. The first-order chi connectivity index (χ1) is 26.8. The molecule has 306 valence electrons. The summed E-state index contributed by atoms with van der Waals surface area (Å²) in [5, 5.41) is 8.50. The fraction of sp³-hybridized carbons (Fsp3) is 0.558. The maximum atomic E-state index is 14.9. The maximum absolute atomic E-state index is 14.9. The second kappa shape index (κ2) is 20.6. The lowest BCUT2D eigenvalue weighted by Crippen LogP contribution is -2.58. The van der Waals surface area contributed by atoms with Crippen LogP contribution in [0, 0.1) is 23.1 Å². The molecule has 5 aliphatic rings. The number of rotatable bonds is 9. The number of fused-ring (bicyclic) bond motifs is 3. The highest BCUT2D eigenvalue weighted by atomic mass is 19.1. The van der Waals surface area contributed by atoms with Crippen LogP contribution in [0.2, 0.25) is 0 Å². The van der Waals surface area contributed by atoms with E-state index in [-0.39, 0.29) is 35.7 Å². The fourth-order valence-corrected chi connectivity index (χ4v) is 8.10. The number of carbonyl (C=O) groups is 4. The molecule has 13 heteroatoms. The van der Waals surface area contributed by atoms with Gasteiger partial charge in [0.25, 0.3) is 5.91 Å². The molecular formula is C43H62FN7O5. The zero-order chi connectivity index (χ0) is 41.0. The van der Waals surface area contributed by atoms with E-state index >= 15 is 0 Å². The van der Waals surface area contributed by atoms with E-state index in [0.29, 0.717) is 67.5 Å². The van der Waals surface area contributed by atoms with Gasteiger partial charge in [0.1, 0.15) is 11.4 Å². The van der Waals surface area contributed by atoms with Crippen LogP contribution < -0.4 is 5.73 Å². The zero-order valence-corrected chi connectivity index (χ0v) is 34.0. The number of ether oxygens (including phenoxy) is 1. The first kappa shape index (κ1) is 44.3. The molecular weight excluding hydrogens is 714 g/mol. The molecule has 7 rings (SSSR count). The smallest absolute Gasteiger partial charge is 0.410 e. The largest absolute Gasteiger partial charge is 0.444 e. The zero-order valence-electron chi connectivity index (χ0n) is 34.0. The Kier molecular flexibility index (Phi) is 16.3. The van der Waals surface area contributed by atoms with E-state index in [0.717, 1.165) is 58.5 Å². The number of aldehydes is 1. The highest BCUT2D eigenvalue weighted by molar-refractivity contribution is 6.05. The summed E-state index contributed by atoms with van der Waals surface area (Å²) >= 11 is 0. The van der Waals surface area contributed by atoms with Crippen molar-refractivity contribution in [3.8, 4) is 0 Å². The number of hydrogen-bond acceptors (Lipinski definition) is 9. The van der Waals surface area contributed by atoms with Crippen LogP contribution in [0.4, 0.5) is 9.18 Å². The molecule has 3 N–H and O–H groups in total. The van der Waals surface area contributed by atoms with Crippen LogP contribution in [0.15, 0.2) is 55.1 Å². The van der Waals surface area contributed by atoms with Crippen molar-refractivity contribution < 1.29 is 28.3 Å². The summed E-state index contributed by atoms with van der Waals surface area (Å²) < 4.78 is 20.5. The van der Waals surface area contributed by atoms with Crippen LogP contribution in [0.1, 0.15) is 78.8 Å². The van der Waals surface area contributed by atoms with E-state index in [1.807, 2.05) is 32.6 Å². The molecule has 5 fully saturated rings. The third-order valence-electron chi connectivity index (χ3n) is 10.9. The van der Waals surface area contributed by atoms with Gasteiger partial charge in [0.05, 0.1) is 12.1 Å². The minimum absolute atomic E-state index is 0.0460. The highest BCUT2D eigenvalue weighted by Crippen LogP contribution is 2.40. The van der Waals surface area contributed by atoms with Gasteiger partial charge < -0.3 is 35.5 Å². The van der Waals surface area contributed by atoms with Gasteiger partial charge in [0.15, 0.2) is 6.29 Å². The number of allylic oxidation sites excluding steroid dienone is 1. The summed E-state index contributed by atoms with van der Waals surface area (Å²) in [4.78, 5) is 60.9. The van der Waals surface area contributed by atoms with Crippen molar-refractivity contribution in [3.63, 3.8) is 0 Å². The van der Waals surface area contributed by atoms with Crippen LogP contribution in [0.5, 0.6) is 0 Å². The molecule has 0 aromatic heterocycles. The van der Waals surface area contributed by atoms with E-state index in [2.05, 4.69) is 22.1 Å². The van der Waals surface area contributed by atoms with Gasteiger partial charge in [-0.15, -0.1) is 6.58 Å². The number of carbonyl (C=O) groups excluding carboxylic acids is 4. The molecule has 1 aliphatic carbocycles. The van der Waals surface area contributed by atoms with Crippen molar-refractivity contribution in [3.05, 3.63) is 83.2 Å². The van der Waals surface area contributed by atoms with E-state index in [9.17, 15) is 23.6 Å². The summed E-state index contributed by atoms with van der Waals surface area (Å²) in [6, 6.07) is 11.4. The SMILES string of the molecule is C=CC.CC(C)(C)OC(=O)N1CC2CCC1CC2CN1CCN(CC(=O)N2CCN(C(=O)c3cc(CC(=N)c4ccccc4C=O)ccc3F)CC2)CC1.CN. The topological polar surface area (TPSA) is 144 Å². The fourth-order valence-electron chi connectivity index (χ4n) is 8.10. The lowest BCUT2D eigenvalue weighted by molar-refractivity contribution is -0.134. The molecule has 2 bridgehead atoms. The van der Waals surface area contributed by atoms with Crippen molar-refractivity contribution >= 4 is 29.9 Å². The normalized spacial score (nSPS) is 21.2. The molecule has 2 aromatic carbocycles. The van der Waals surface area contributed by atoms with Crippen molar-refractivity contribution in [2.45, 2.75) is 65.0 Å². The Morgan fingerprint density at radius 1 is 0.929 bits per heavy atom. The van der Waals surface area contributed by atoms with Crippen LogP contribution in [0.25, 0.3) is 0 Å². The van der Waals surface area contributed by atoms with Gasteiger partial charge in [0.2, 0.25) is 5.91 Å². The summed E-state index contributed by atoms with van der Waals surface area (Å²) in [6.07, 6.45) is 5.66. The molecule has 56 heavy (non-hydrogen) atoms. The molecule has 4 heterocycles. The lowest BCUT2D eigenvalue weighted by atomic mass is 9.72. The number of hydrogen-bond donors (Lipinski definition) is 2. The third-order valence-corrected chi connectivity index (χ3v) is 10.9. The van der Waals surface area contributed by atoms with Crippen LogP contribution >= 0.6 is 0 Å². The minimum atomic E-state index is -0.625. The lowest BCUT2D eigenvalue weighted by Gasteiger charge is -2.50. The first-order valence-corrected chi connectivity index (χ1v) is 19.9. The molecule has 3 amide bonds. The Morgan fingerprint density at radius 3 is 2.16 bits per heavy atom. The molecule has 4 saturated heterocycles. The second-order valence-electron chi connectivity index (χ2n) is 16.0. The van der Waals surface area contributed by atoms with Crippen LogP contribution in [-0.2, 0) is 16.0 Å². The third kappa shape index (κ3) is 11.8. The van der Waals surface area contributed by atoms with E-state index < -0.39 is 17.3 Å². The Hall–Kier alpha value is -4.46. The highest BCUT2D eigenvalue weighted by Gasteiger charge is 2.44. The number of benzene rings is 2. The Balaban J connectivity index is 0.00000133. The minimum Gasteiger partial charge on any atom is -0.444 e. The summed E-state index contributed by atoms with van der Waals surface area (Å²) in [7, 11) is 1.50. The number of nitrogens with two attached hydrogens (primary N) is 1. The molecule has 0 spiro atoms. The standard InChI is InChI=1S/C39H51FN6O5.C3H6.CH5N/c1-39(2,3)51-38(50)46-24-28-9-10-31(46)22-30(28)23-42-12-14-43(15-13-42)25-36(48)44-16-18-45(19-17-44)37(49)33-20-27(8-11-34(33)40)21-35(41)32-7-5-4-6-29(32)26-47;1-3-2;1-2/h4-8,11,20,26,28,30-31,41H,9-10,12-19,21-25H2,1-3H3;3H,1H2,2H3;2H2,1H3. The maximum Gasteiger partial charge on any atom is 0.410 e. The van der Waals surface area contributed by atoms with Crippen molar-refractivity contribution in [1.29, 1.82) is 5.41 Å². The summed E-state index contributed by atoms with van der Waals surface area (Å²) in [5.74, 6) is 0.0656. The summed E-state index contributed by atoms with van der Waals surface area (Å²) in [6.45, 7) is 18.0. The molecule has 3 atom stereocenters. The molecule has 1 saturated carbocycles. The molecule has 3 unspecified atom stereocenters. The van der Waals surface area contributed by atoms with Crippen LogP contribution in [0.3, 0.4) is 0 Å². The number of amides is 3. The van der Waals surface area contributed by atoms with Gasteiger partial charge in [-0.2, -0.15) is 0 Å². The van der Waals surface area contributed by atoms with Gasteiger partial charge in [-0.25, -0.2) is 9.18 Å². The molecule has 12 nitrogen and oxygen atoms in total. The Bertz CT molecular complexity index is 1680. The van der Waals surface area contributed by atoms with Crippen molar-refractivity contribution in [2.24, 2.45) is 17.6 Å². The Morgan fingerprint density at radius 2 is 1.55 bits per heavy atom. The van der Waals surface area contributed by atoms with Crippen molar-refractivity contribution in [2.75, 3.05) is 79.0 Å². The van der Waals surface area contributed by atoms with Gasteiger partial charge >= 0.3 is 6.09 Å². The van der Waals surface area contributed by atoms with E-state index in [4.69, 9.17) is 10.1 Å².